The van der Waals surface area contributed by atoms with Crippen LogP contribution in [0.1, 0.15) is 11.7 Å². The van der Waals surface area contributed by atoms with Crippen molar-refractivity contribution in [2.24, 2.45) is 0 Å². The van der Waals surface area contributed by atoms with Crippen molar-refractivity contribution in [3.8, 4) is 0 Å². The molecule has 20 heavy (non-hydrogen) atoms. The average Bonchev–Trinajstić information content (AvgIpc) is 2.98. The second-order valence-electron chi connectivity index (χ2n) is 4.69. The number of hydrogen-bond donors (Lipinski definition) is 0. The molecular weight excluding hydrogens is 256 g/mol. The normalized spacial score (nSPS) is 18.2. The highest BCUT2D eigenvalue weighted by Crippen LogP contribution is 2.29. The van der Waals surface area contributed by atoms with Crippen LogP contribution < -0.4 is 4.90 Å². The van der Waals surface area contributed by atoms with E-state index in [1.165, 1.54) is 12.1 Å². The number of non-ortho nitro benzene ring substituents is 1. The van der Waals surface area contributed by atoms with E-state index >= 15 is 0 Å². The van der Waals surface area contributed by atoms with Crippen molar-refractivity contribution in [1.82, 2.24) is 0 Å². The van der Waals surface area contributed by atoms with Gasteiger partial charge in [-0.15, -0.1) is 0 Å². The Morgan fingerprint density at radius 2 is 1.80 bits per heavy atom. The Bertz CT molecular complexity index is 598. The predicted octanol–water partition coefficient (Wildman–Crippen LogP) is 3.13. The van der Waals surface area contributed by atoms with Gasteiger partial charge in [0.05, 0.1) is 11.5 Å². The molecule has 0 spiro atoms. The first-order valence-electron chi connectivity index (χ1n) is 6.40. The second kappa shape index (κ2) is 5.30. The van der Waals surface area contributed by atoms with Crippen LogP contribution in [0.5, 0.6) is 0 Å². The number of nitro benzene ring substituents is 1. The highest BCUT2D eigenvalue weighted by Gasteiger charge is 2.25. The zero-order chi connectivity index (χ0) is 13.9. The standard InChI is InChI=1S/C15H14N2O3/c18-17(19)14-8-6-12(7-9-14)15-10-16(11-20-15)13-4-2-1-3-5-13/h1-9,15H,10-11H2. The molecule has 5 nitrogen and oxygen atoms in total. The fraction of sp³-hybridized carbons (Fsp3) is 0.200. The topological polar surface area (TPSA) is 55.6 Å². The zero-order valence-corrected chi connectivity index (χ0v) is 10.8. The van der Waals surface area contributed by atoms with Gasteiger partial charge in [0.2, 0.25) is 0 Å². The molecule has 3 rings (SSSR count). The minimum Gasteiger partial charge on any atom is -0.351 e. The van der Waals surface area contributed by atoms with Gasteiger partial charge in [0.15, 0.2) is 0 Å². The van der Waals surface area contributed by atoms with E-state index in [1.807, 2.05) is 30.3 Å². The molecule has 0 saturated carbocycles. The molecular formula is C15H14N2O3. The summed E-state index contributed by atoms with van der Waals surface area (Å²) in [5, 5.41) is 10.6. The van der Waals surface area contributed by atoms with Crippen LogP contribution in [0.2, 0.25) is 0 Å². The molecule has 0 radical (unpaired) electrons. The van der Waals surface area contributed by atoms with Gasteiger partial charge in [-0.05, 0) is 29.8 Å². The lowest BCUT2D eigenvalue weighted by Gasteiger charge is -2.15. The number of benzene rings is 2. The summed E-state index contributed by atoms with van der Waals surface area (Å²) in [6, 6.07) is 16.6. The number of anilines is 1. The molecule has 0 N–H and O–H groups in total. The molecule has 1 saturated heterocycles. The zero-order valence-electron chi connectivity index (χ0n) is 10.8. The molecule has 102 valence electrons. The second-order valence-corrected chi connectivity index (χ2v) is 4.69. The third kappa shape index (κ3) is 2.48. The van der Waals surface area contributed by atoms with Gasteiger partial charge in [0.25, 0.3) is 5.69 Å². The van der Waals surface area contributed by atoms with Crippen LogP contribution in [0, 0.1) is 10.1 Å². The summed E-state index contributed by atoms with van der Waals surface area (Å²) in [6.07, 6.45) is -0.0454. The molecule has 1 aliphatic heterocycles. The maximum atomic E-state index is 10.6. The van der Waals surface area contributed by atoms with E-state index in [0.29, 0.717) is 6.73 Å². The highest BCUT2D eigenvalue weighted by atomic mass is 16.6. The number of ether oxygens (including phenoxy) is 1. The molecule has 1 atom stereocenters. The van der Waals surface area contributed by atoms with Crippen LogP contribution in [0.3, 0.4) is 0 Å². The average molecular weight is 270 g/mol. The van der Waals surface area contributed by atoms with Gasteiger partial charge in [0.1, 0.15) is 12.8 Å². The van der Waals surface area contributed by atoms with Gasteiger partial charge in [-0.2, -0.15) is 0 Å². The Kier molecular flexibility index (Phi) is 3.35. The van der Waals surface area contributed by atoms with Crippen LogP contribution in [0.25, 0.3) is 0 Å². The first-order chi connectivity index (χ1) is 9.74. The summed E-state index contributed by atoms with van der Waals surface area (Å²) in [4.78, 5) is 12.4. The maximum Gasteiger partial charge on any atom is 0.269 e. The van der Waals surface area contributed by atoms with E-state index in [1.54, 1.807) is 12.1 Å². The highest BCUT2D eigenvalue weighted by molar-refractivity contribution is 5.47. The van der Waals surface area contributed by atoms with Crippen molar-refractivity contribution in [1.29, 1.82) is 0 Å². The van der Waals surface area contributed by atoms with E-state index in [9.17, 15) is 10.1 Å². The summed E-state index contributed by atoms with van der Waals surface area (Å²) in [7, 11) is 0. The Balaban J connectivity index is 1.72. The summed E-state index contributed by atoms with van der Waals surface area (Å²) in [5.41, 5.74) is 2.19. The molecule has 1 aliphatic rings. The van der Waals surface area contributed by atoms with Gasteiger partial charge in [-0.3, -0.25) is 10.1 Å². The monoisotopic (exact) mass is 270 g/mol. The summed E-state index contributed by atoms with van der Waals surface area (Å²) < 4.78 is 5.76. The molecule has 0 amide bonds. The van der Waals surface area contributed by atoms with E-state index < -0.39 is 4.92 Å². The first-order valence-corrected chi connectivity index (χ1v) is 6.40. The summed E-state index contributed by atoms with van der Waals surface area (Å²) in [5.74, 6) is 0. The number of nitro groups is 1. The van der Waals surface area contributed by atoms with Gasteiger partial charge >= 0.3 is 0 Å². The molecule has 1 fully saturated rings. The van der Waals surface area contributed by atoms with Crippen LogP contribution >= 0.6 is 0 Å². The molecule has 1 unspecified atom stereocenters. The lowest BCUT2D eigenvalue weighted by molar-refractivity contribution is -0.384. The SMILES string of the molecule is O=[N+]([O-])c1ccc(C2CN(c3ccccc3)CO2)cc1. The molecule has 2 aromatic rings. The van der Waals surface area contributed by atoms with E-state index in [4.69, 9.17) is 4.74 Å². The molecule has 0 aliphatic carbocycles. The van der Waals surface area contributed by atoms with E-state index in [-0.39, 0.29) is 11.8 Å². The van der Waals surface area contributed by atoms with Crippen molar-refractivity contribution < 1.29 is 9.66 Å². The Labute approximate surface area is 116 Å². The lowest BCUT2D eigenvalue weighted by atomic mass is 10.1. The van der Waals surface area contributed by atoms with Crippen molar-refractivity contribution in [2.45, 2.75) is 6.10 Å². The van der Waals surface area contributed by atoms with Crippen LogP contribution in [0.4, 0.5) is 11.4 Å². The van der Waals surface area contributed by atoms with Crippen LogP contribution in [0.15, 0.2) is 54.6 Å². The first kappa shape index (κ1) is 12.6. The largest absolute Gasteiger partial charge is 0.351 e. The lowest BCUT2D eigenvalue weighted by Crippen LogP contribution is -2.18. The number of hydrogen-bond acceptors (Lipinski definition) is 4. The van der Waals surface area contributed by atoms with Crippen molar-refractivity contribution in [3.63, 3.8) is 0 Å². The molecule has 0 aromatic heterocycles. The Morgan fingerprint density at radius 1 is 1.10 bits per heavy atom. The van der Waals surface area contributed by atoms with Gasteiger partial charge in [0, 0.05) is 17.8 Å². The van der Waals surface area contributed by atoms with Crippen LogP contribution in [-0.4, -0.2) is 18.2 Å². The molecule has 1 heterocycles. The molecule has 5 heteroatoms. The minimum atomic E-state index is -0.393. The third-order valence-corrected chi connectivity index (χ3v) is 3.41. The smallest absolute Gasteiger partial charge is 0.269 e. The van der Waals surface area contributed by atoms with Crippen molar-refractivity contribution >= 4 is 11.4 Å². The van der Waals surface area contributed by atoms with E-state index in [2.05, 4.69) is 4.90 Å². The fourth-order valence-electron chi connectivity index (χ4n) is 2.32. The fourth-order valence-corrected chi connectivity index (χ4v) is 2.32. The van der Waals surface area contributed by atoms with Gasteiger partial charge in [-0.25, -0.2) is 0 Å². The van der Waals surface area contributed by atoms with Crippen LogP contribution in [-0.2, 0) is 4.74 Å². The molecule has 0 bridgehead atoms. The number of para-hydroxylation sites is 1. The van der Waals surface area contributed by atoms with Gasteiger partial charge < -0.3 is 9.64 Å². The van der Waals surface area contributed by atoms with Crippen molar-refractivity contribution in [3.05, 3.63) is 70.3 Å². The third-order valence-electron chi connectivity index (χ3n) is 3.41. The van der Waals surface area contributed by atoms with Gasteiger partial charge in [-0.1, -0.05) is 18.2 Å². The Morgan fingerprint density at radius 3 is 2.45 bits per heavy atom. The number of rotatable bonds is 3. The quantitative estimate of drug-likeness (QED) is 0.635. The maximum absolute atomic E-state index is 10.6. The predicted molar refractivity (Wildman–Crippen MR) is 75.6 cm³/mol. The molecule has 2 aromatic carbocycles. The summed E-state index contributed by atoms with van der Waals surface area (Å²) in [6.45, 7) is 1.29. The minimum absolute atomic E-state index is 0.0454. The summed E-state index contributed by atoms with van der Waals surface area (Å²) >= 11 is 0. The Hall–Kier alpha value is -2.40. The number of nitrogens with zero attached hydrogens (tertiary/aromatic N) is 2. The van der Waals surface area contributed by atoms with E-state index in [0.717, 1.165) is 17.8 Å². The van der Waals surface area contributed by atoms with Crippen molar-refractivity contribution in [2.75, 3.05) is 18.2 Å².